The molecule has 6 nitrogen and oxygen atoms in total. The lowest BCUT2D eigenvalue weighted by atomic mass is 10.3. The average Bonchev–Trinajstić information content (AvgIpc) is 2.89. The van der Waals surface area contributed by atoms with Crippen LogP contribution in [0.25, 0.3) is 5.69 Å². The highest BCUT2D eigenvalue weighted by molar-refractivity contribution is 8.00. The molecule has 1 aromatic heterocycles. The highest BCUT2D eigenvalue weighted by Gasteiger charge is 2.19. The van der Waals surface area contributed by atoms with E-state index in [9.17, 15) is 0 Å². The molecule has 0 amide bonds. The Kier molecular flexibility index (Phi) is 6.56. The van der Waals surface area contributed by atoms with Crippen LogP contribution in [-0.2, 0) is 16.3 Å². The second-order valence-electron chi connectivity index (χ2n) is 2.96. The number of rotatable bonds is 4. The smallest absolute Gasteiger partial charge is 0.462 e. The summed E-state index contributed by atoms with van der Waals surface area (Å²) in [6.45, 7) is 0. The maximum atomic E-state index is 7.10. The molecule has 1 N–H and O–H groups in total. The van der Waals surface area contributed by atoms with Gasteiger partial charge in [0.15, 0.2) is 6.11 Å². The van der Waals surface area contributed by atoms with Gasteiger partial charge in [-0.3, -0.25) is 0 Å². The summed E-state index contributed by atoms with van der Waals surface area (Å²) in [5.74, 6) is 0. The average molecular weight is 314 g/mol. The number of nitrogens with zero attached hydrogens (tertiary/aromatic N) is 3. The minimum Gasteiger partial charge on any atom is -0.462 e. The normalized spacial score (nSPS) is 9.20. The molecule has 1 aromatic carbocycles. The molecular weight excluding hydrogens is 297 g/mol. The van der Waals surface area contributed by atoms with Crippen molar-refractivity contribution in [2.24, 2.45) is 0 Å². The van der Waals surface area contributed by atoms with Crippen molar-refractivity contribution in [1.82, 2.24) is 14.8 Å². The van der Waals surface area contributed by atoms with Gasteiger partial charge in [0.1, 0.15) is 12.4 Å². The van der Waals surface area contributed by atoms with E-state index in [-0.39, 0.29) is 11.7 Å². The van der Waals surface area contributed by atoms with Gasteiger partial charge >= 0.3 is 13.2 Å². The number of aliphatic hydroxyl groups is 1. The molecule has 108 valence electrons. The SMILES string of the molecule is C#CO.C#CO[P+](=S)Oc1ncn(-c2ccccc2)n1.[HH].[HH].[HH].[HH]. The standard InChI is InChI=1S/C10H7N3O2PS.C2H2O.4H2/c1-2-14-16(17)15-10-11-8-13(12-10)9-6-4-3-5-7-9;1-2-3;;;;/h1,3-8H;1,3H;4*1H/q+1;;;;;. The summed E-state index contributed by atoms with van der Waals surface area (Å²) in [5, 5.41) is 11.2. The highest BCUT2D eigenvalue weighted by Crippen LogP contribution is 2.24. The van der Waals surface area contributed by atoms with Gasteiger partial charge in [0, 0.05) is 5.71 Å². The first kappa shape index (κ1) is 15.5. The maximum absolute atomic E-state index is 7.10. The van der Waals surface area contributed by atoms with Crippen LogP contribution in [0.4, 0.5) is 0 Å². The molecule has 0 aliphatic heterocycles. The molecule has 0 bridgehead atoms. The van der Waals surface area contributed by atoms with Gasteiger partial charge in [-0.25, -0.2) is 4.68 Å². The fourth-order valence-electron chi connectivity index (χ4n) is 1.12. The van der Waals surface area contributed by atoms with Gasteiger partial charge in [-0.05, 0) is 12.1 Å². The molecule has 0 aliphatic rings. The molecule has 0 aliphatic carbocycles. The summed E-state index contributed by atoms with van der Waals surface area (Å²) >= 11 is 4.83. The first-order chi connectivity index (χ1) is 9.71. The van der Waals surface area contributed by atoms with Gasteiger partial charge in [0.2, 0.25) is 0 Å². The van der Waals surface area contributed by atoms with E-state index in [0.29, 0.717) is 0 Å². The van der Waals surface area contributed by atoms with Crippen molar-refractivity contribution >= 4 is 19.0 Å². The second kappa shape index (κ2) is 8.49. The van der Waals surface area contributed by atoms with Gasteiger partial charge < -0.3 is 5.11 Å². The van der Waals surface area contributed by atoms with E-state index in [1.807, 2.05) is 36.4 Å². The summed E-state index contributed by atoms with van der Waals surface area (Å²) in [6.07, 6.45) is 13.8. The Balaban J connectivity index is -0.000000267. The molecular formula is C12H17N3O3PS+. The highest BCUT2D eigenvalue weighted by atomic mass is 32.4. The first-order valence-corrected chi connectivity index (χ1v) is 7.25. The van der Waals surface area contributed by atoms with Crippen molar-refractivity contribution < 1.29 is 19.9 Å². The maximum Gasteiger partial charge on any atom is 0.639 e. The van der Waals surface area contributed by atoms with Gasteiger partial charge in [-0.15, -0.1) is 5.10 Å². The number of benzene rings is 1. The van der Waals surface area contributed by atoms with Crippen molar-refractivity contribution in [2.75, 3.05) is 0 Å². The van der Waals surface area contributed by atoms with Crippen LogP contribution in [0.15, 0.2) is 36.7 Å². The van der Waals surface area contributed by atoms with E-state index < -0.39 is 7.15 Å². The van der Waals surface area contributed by atoms with E-state index in [0.717, 1.165) is 5.69 Å². The Bertz CT molecular complexity index is 662. The van der Waals surface area contributed by atoms with Crippen LogP contribution in [0.2, 0.25) is 0 Å². The summed E-state index contributed by atoms with van der Waals surface area (Å²) in [4.78, 5) is 3.95. The molecule has 2 rings (SSSR count). The molecule has 0 saturated carbocycles. The van der Waals surface area contributed by atoms with Gasteiger partial charge in [0.25, 0.3) is 11.8 Å². The number of hydrogen-bond acceptors (Lipinski definition) is 6. The van der Waals surface area contributed by atoms with Gasteiger partial charge in [-0.1, -0.05) is 31.0 Å². The predicted octanol–water partition coefficient (Wildman–Crippen LogP) is 2.96. The summed E-state index contributed by atoms with van der Waals surface area (Å²) in [5.41, 5.74) is 0.876. The van der Waals surface area contributed by atoms with Crippen LogP contribution >= 0.6 is 7.15 Å². The Morgan fingerprint density at radius 2 is 2.00 bits per heavy atom. The van der Waals surface area contributed by atoms with Gasteiger partial charge in [0.05, 0.1) is 5.69 Å². The third-order valence-electron chi connectivity index (χ3n) is 1.77. The number of aromatic nitrogens is 3. The molecule has 0 fully saturated rings. The fraction of sp³-hybridized carbons (Fsp3) is 0. The van der Waals surface area contributed by atoms with Crippen LogP contribution in [0.5, 0.6) is 6.01 Å². The van der Waals surface area contributed by atoms with Crippen LogP contribution in [0, 0.1) is 25.1 Å². The number of hydrogen-bond donors (Lipinski definition) is 1. The zero-order valence-electron chi connectivity index (χ0n) is 10.1. The monoisotopic (exact) mass is 314 g/mol. The van der Waals surface area contributed by atoms with Crippen molar-refractivity contribution in [3.8, 4) is 36.8 Å². The lowest BCUT2D eigenvalue weighted by Crippen LogP contribution is -1.94. The Morgan fingerprint density at radius 1 is 1.35 bits per heavy atom. The zero-order chi connectivity index (χ0) is 14.8. The van der Waals surface area contributed by atoms with Crippen molar-refractivity contribution in [3.05, 3.63) is 36.7 Å². The number of terminal acetylenes is 2. The molecule has 2 aromatic rings. The minimum absolute atomic E-state index is 0. The quantitative estimate of drug-likeness (QED) is 0.691. The molecule has 1 unspecified atom stereocenters. The third-order valence-corrected chi connectivity index (χ3v) is 2.79. The lowest BCUT2D eigenvalue weighted by Gasteiger charge is -1.96. The van der Waals surface area contributed by atoms with Crippen LogP contribution < -0.4 is 4.52 Å². The van der Waals surface area contributed by atoms with Crippen molar-refractivity contribution in [2.45, 2.75) is 0 Å². The van der Waals surface area contributed by atoms with Crippen molar-refractivity contribution in [1.29, 1.82) is 0 Å². The Morgan fingerprint density at radius 3 is 2.60 bits per heavy atom. The fourth-order valence-corrected chi connectivity index (χ4v) is 1.79. The Labute approximate surface area is 127 Å². The second-order valence-corrected chi connectivity index (χ2v) is 4.67. The third kappa shape index (κ3) is 4.95. The molecule has 0 spiro atoms. The first-order valence-electron chi connectivity index (χ1n) is 5.05. The lowest BCUT2D eigenvalue weighted by molar-refractivity contribution is 0.468. The Hall–Kier alpha value is -2.60. The molecule has 1 heterocycles. The van der Waals surface area contributed by atoms with E-state index in [2.05, 4.69) is 21.0 Å². The summed E-state index contributed by atoms with van der Waals surface area (Å²) in [6, 6.07) is 9.66. The zero-order valence-corrected chi connectivity index (χ0v) is 11.8. The van der Waals surface area contributed by atoms with Gasteiger partial charge in [-0.2, -0.15) is 14.0 Å². The number of aliphatic hydroxyl groups excluding tert-OH is 1. The van der Waals surface area contributed by atoms with Crippen LogP contribution in [-0.4, -0.2) is 19.9 Å². The van der Waals surface area contributed by atoms with Crippen molar-refractivity contribution in [3.63, 3.8) is 0 Å². The molecule has 0 radical (unpaired) electrons. The predicted molar refractivity (Wildman–Crippen MR) is 85.4 cm³/mol. The largest absolute Gasteiger partial charge is 0.639 e. The van der Waals surface area contributed by atoms with E-state index in [4.69, 9.17) is 27.9 Å². The molecule has 1 atom stereocenters. The summed E-state index contributed by atoms with van der Waals surface area (Å²) < 4.78 is 11.4. The topological polar surface area (TPSA) is 69.4 Å². The molecule has 0 saturated heterocycles. The molecule has 20 heavy (non-hydrogen) atoms. The van der Waals surface area contributed by atoms with E-state index in [1.165, 1.54) is 12.4 Å². The van der Waals surface area contributed by atoms with Crippen LogP contribution in [0.3, 0.4) is 0 Å². The summed E-state index contributed by atoms with van der Waals surface area (Å²) in [7, 11) is -1.60. The van der Waals surface area contributed by atoms with E-state index >= 15 is 0 Å². The minimum atomic E-state index is -1.60. The molecule has 8 heteroatoms. The number of para-hydroxylation sites is 1. The van der Waals surface area contributed by atoms with E-state index in [1.54, 1.807) is 4.68 Å². The van der Waals surface area contributed by atoms with Crippen LogP contribution in [0.1, 0.15) is 5.71 Å².